The zero-order valence-electron chi connectivity index (χ0n) is 13.2. The van der Waals surface area contributed by atoms with E-state index in [0.29, 0.717) is 0 Å². The highest BCUT2D eigenvalue weighted by Gasteiger charge is 2.42. The fourth-order valence-corrected chi connectivity index (χ4v) is 3.15. The molecular formula is C20H22N+. The molecule has 21 heavy (non-hydrogen) atoms. The van der Waals surface area contributed by atoms with Crippen LogP contribution in [0.4, 0.5) is 5.69 Å². The summed E-state index contributed by atoms with van der Waals surface area (Å²) in [5, 5.41) is 0. The fourth-order valence-electron chi connectivity index (χ4n) is 3.15. The standard InChI is InChI=1S/C20H22N/c1-15-9-11-16(12-10-15)13-14-19-20(2,3)17-7-5-6-8-18(17)21(19)4/h5-14H,1-4H3/q+1/b14-13+. The molecule has 0 amide bonds. The van der Waals surface area contributed by atoms with Gasteiger partial charge >= 0.3 is 0 Å². The molecule has 0 atom stereocenters. The van der Waals surface area contributed by atoms with Gasteiger partial charge in [-0.1, -0.05) is 48.0 Å². The van der Waals surface area contributed by atoms with Crippen LogP contribution in [0.25, 0.3) is 6.08 Å². The van der Waals surface area contributed by atoms with E-state index in [0.717, 1.165) is 0 Å². The van der Waals surface area contributed by atoms with E-state index >= 15 is 0 Å². The Morgan fingerprint density at radius 2 is 1.57 bits per heavy atom. The minimum Gasteiger partial charge on any atom is -0.198 e. The average molecular weight is 276 g/mol. The highest BCUT2D eigenvalue weighted by Crippen LogP contribution is 2.39. The second-order valence-electron chi connectivity index (χ2n) is 6.33. The van der Waals surface area contributed by atoms with Crippen LogP contribution in [-0.2, 0) is 5.41 Å². The molecular weight excluding hydrogens is 254 g/mol. The lowest BCUT2D eigenvalue weighted by Crippen LogP contribution is -2.26. The highest BCUT2D eigenvalue weighted by molar-refractivity contribution is 6.05. The first-order chi connectivity index (χ1) is 10.00. The quantitative estimate of drug-likeness (QED) is 0.699. The van der Waals surface area contributed by atoms with Crippen LogP contribution in [0.1, 0.15) is 30.5 Å². The van der Waals surface area contributed by atoms with Crippen LogP contribution in [0.15, 0.2) is 54.6 Å². The van der Waals surface area contributed by atoms with Crippen molar-refractivity contribution in [3.05, 3.63) is 71.3 Å². The molecule has 0 spiro atoms. The van der Waals surface area contributed by atoms with Crippen molar-refractivity contribution < 1.29 is 4.58 Å². The zero-order valence-corrected chi connectivity index (χ0v) is 13.2. The van der Waals surface area contributed by atoms with Crippen LogP contribution in [0.2, 0.25) is 0 Å². The Morgan fingerprint density at radius 3 is 2.24 bits per heavy atom. The molecule has 106 valence electrons. The van der Waals surface area contributed by atoms with E-state index < -0.39 is 0 Å². The van der Waals surface area contributed by atoms with Crippen molar-refractivity contribution in [2.45, 2.75) is 26.2 Å². The number of hydrogen-bond acceptors (Lipinski definition) is 0. The molecule has 2 aromatic carbocycles. The van der Waals surface area contributed by atoms with Gasteiger partial charge in [-0.25, -0.2) is 0 Å². The highest BCUT2D eigenvalue weighted by atomic mass is 15.0. The Morgan fingerprint density at radius 1 is 0.905 bits per heavy atom. The van der Waals surface area contributed by atoms with Crippen molar-refractivity contribution in [2.24, 2.45) is 0 Å². The van der Waals surface area contributed by atoms with Crippen LogP contribution < -0.4 is 0 Å². The molecule has 0 radical (unpaired) electrons. The van der Waals surface area contributed by atoms with Gasteiger partial charge in [0.1, 0.15) is 7.05 Å². The van der Waals surface area contributed by atoms with Gasteiger partial charge < -0.3 is 0 Å². The van der Waals surface area contributed by atoms with Gasteiger partial charge in [-0.05, 0) is 32.4 Å². The Hall–Kier alpha value is -2.15. The summed E-state index contributed by atoms with van der Waals surface area (Å²) in [4.78, 5) is 0. The van der Waals surface area contributed by atoms with Crippen molar-refractivity contribution in [3.63, 3.8) is 0 Å². The number of allylic oxidation sites excluding steroid dienone is 1. The summed E-state index contributed by atoms with van der Waals surface area (Å²) in [6.07, 6.45) is 4.46. The average Bonchev–Trinajstić information content (AvgIpc) is 2.67. The third-order valence-electron chi connectivity index (χ3n) is 4.45. The summed E-state index contributed by atoms with van der Waals surface area (Å²) in [5.41, 5.74) is 6.64. The summed E-state index contributed by atoms with van der Waals surface area (Å²) in [5.74, 6) is 0. The largest absolute Gasteiger partial charge is 0.209 e. The van der Waals surface area contributed by atoms with Gasteiger partial charge in [0.2, 0.25) is 5.69 Å². The Bertz CT molecular complexity index is 731. The van der Waals surface area contributed by atoms with E-state index in [1.807, 2.05) is 0 Å². The van der Waals surface area contributed by atoms with Crippen LogP contribution in [-0.4, -0.2) is 17.3 Å². The molecule has 1 nitrogen and oxygen atoms in total. The SMILES string of the molecule is Cc1ccc(/C=C/C2=[N+](C)c3ccccc3C2(C)C)cc1. The molecule has 2 aromatic rings. The maximum absolute atomic E-state index is 2.31. The fraction of sp³-hybridized carbons (Fsp3) is 0.250. The summed E-state index contributed by atoms with van der Waals surface area (Å²) in [6.45, 7) is 6.71. The number of fused-ring (bicyclic) bond motifs is 1. The van der Waals surface area contributed by atoms with Gasteiger partial charge in [0.15, 0.2) is 5.71 Å². The Labute approximate surface area is 127 Å². The van der Waals surface area contributed by atoms with E-state index in [-0.39, 0.29) is 5.41 Å². The molecule has 0 bridgehead atoms. The van der Waals surface area contributed by atoms with Crippen molar-refractivity contribution in [1.29, 1.82) is 0 Å². The van der Waals surface area contributed by atoms with Crippen LogP contribution in [0, 0.1) is 6.92 Å². The molecule has 0 aromatic heterocycles. The maximum Gasteiger partial charge on any atom is 0.209 e. The lowest BCUT2D eigenvalue weighted by Gasteiger charge is -2.15. The van der Waals surface area contributed by atoms with E-state index in [1.165, 1.54) is 28.1 Å². The molecule has 0 fully saturated rings. The summed E-state index contributed by atoms with van der Waals surface area (Å²) >= 11 is 0. The number of aryl methyl sites for hydroxylation is 1. The van der Waals surface area contributed by atoms with E-state index in [4.69, 9.17) is 0 Å². The number of para-hydroxylation sites is 1. The molecule has 0 saturated carbocycles. The third kappa shape index (κ3) is 2.33. The molecule has 0 N–H and O–H groups in total. The van der Waals surface area contributed by atoms with E-state index in [1.54, 1.807) is 0 Å². The molecule has 1 heteroatoms. The smallest absolute Gasteiger partial charge is 0.198 e. The van der Waals surface area contributed by atoms with Crippen LogP contribution in [0.3, 0.4) is 0 Å². The Balaban J connectivity index is 2.00. The molecule has 3 rings (SSSR count). The number of nitrogens with zero attached hydrogens (tertiary/aromatic N) is 1. The van der Waals surface area contributed by atoms with Gasteiger partial charge in [-0.2, -0.15) is 4.58 Å². The number of rotatable bonds is 2. The minimum atomic E-state index is 0.0482. The summed E-state index contributed by atoms with van der Waals surface area (Å²) in [7, 11) is 2.16. The van der Waals surface area contributed by atoms with Gasteiger partial charge in [-0.3, -0.25) is 0 Å². The van der Waals surface area contributed by atoms with Crippen molar-refractivity contribution >= 4 is 17.5 Å². The predicted octanol–water partition coefficient (Wildman–Crippen LogP) is 4.71. The van der Waals surface area contributed by atoms with Crippen LogP contribution in [0.5, 0.6) is 0 Å². The zero-order chi connectivity index (χ0) is 15.0. The normalized spacial score (nSPS) is 16.6. The van der Waals surface area contributed by atoms with Crippen molar-refractivity contribution in [2.75, 3.05) is 7.05 Å². The predicted molar refractivity (Wildman–Crippen MR) is 90.5 cm³/mol. The maximum atomic E-state index is 2.31. The molecule has 0 aliphatic carbocycles. The summed E-state index contributed by atoms with van der Waals surface area (Å²) in [6, 6.07) is 17.3. The first-order valence-electron chi connectivity index (χ1n) is 7.45. The number of benzene rings is 2. The van der Waals surface area contributed by atoms with E-state index in [2.05, 4.69) is 93.1 Å². The van der Waals surface area contributed by atoms with Gasteiger partial charge in [0, 0.05) is 17.7 Å². The monoisotopic (exact) mass is 276 g/mol. The van der Waals surface area contributed by atoms with Gasteiger partial charge in [0.05, 0.1) is 5.41 Å². The minimum absolute atomic E-state index is 0.0482. The van der Waals surface area contributed by atoms with Crippen LogP contribution >= 0.6 is 0 Å². The lowest BCUT2D eigenvalue weighted by molar-refractivity contribution is -0.401. The first-order valence-corrected chi connectivity index (χ1v) is 7.45. The molecule has 1 aliphatic heterocycles. The van der Waals surface area contributed by atoms with Gasteiger partial charge in [-0.15, -0.1) is 0 Å². The second-order valence-corrected chi connectivity index (χ2v) is 6.33. The van der Waals surface area contributed by atoms with E-state index in [9.17, 15) is 0 Å². The molecule has 0 saturated heterocycles. The molecule has 1 heterocycles. The Kier molecular flexibility index (Phi) is 3.29. The first kappa shape index (κ1) is 13.8. The second kappa shape index (κ2) is 5.00. The summed E-state index contributed by atoms with van der Waals surface area (Å²) < 4.78 is 2.31. The van der Waals surface area contributed by atoms with Crippen molar-refractivity contribution in [1.82, 2.24) is 0 Å². The van der Waals surface area contributed by atoms with Gasteiger partial charge in [0.25, 0.3) is 0 Å². The third-order valence-corrected chi connectivity index (χ3v) is 4.45. The lowest BCUT2D eigenvalue weighted by atomic mass is 9.81. The molecule has 1 aliphatic rings. The number of hydrogen-bond donors (Lipinski definition) is 0. The topological polar surface area (TPSA) is 3.01 Å². The van der Waals surface area contributed by atoms with Crippen molar-refractivity contribution in [3.8, 4) is 0 Å². The molecule has 0 unspecified atom stereocenters.